The largest absolute Gasteiger partial charge is 0.383 e. The van der Waals surface area contributed by atoms with E-state index in [0.29, 0.717) is 29.4 Å². The molecule has 0 saturated carbocycles. The van der Waals surface area contributed by atoms with Crippen LogP contribution in [0.4, 0.5) is 10.2 Å². The van der Waals surface area contributed by atoms with Crippen LogP contribution in [0.5, 0.6) is 0 Å². The molecule has 1 atom stereocenters. The number of benzene rings is 1. The van der Waals surface area contributed by atoms with Crippen molar-refractivity contribution in [3.63, 3.8) is 0 Å². The molecule has 1 aromatic carbocycles. The van der Waals surface area contributed by atoms with E-state index >= 15 is 0 Å². The van der Waals surface area contributed by atoms with Crippen molar-refractivity contribution in [2.24, 2.45) is 4.99 Å². The average molecular weight is 402 g/mol. The fourth-order valence-corrected chi connectivity index (χ4v) is 3.82. The Kier molecular flexibility index (Phi) is 4.35. The molecule has 0 aliphatic carbocycles. The summed E-state index contributed by atoms with van der Waals surface area (Å²) in [6.45, 7) is 2.69. The fourth-order valence-electron chi connectivity index (χ4n) is 3.82. The van der Waals surface area contributed by atoms with Crippen LogP contribution in [0.15, 0.2) is 60.1 Å². The van der Waals surface area contributed by atoms with Gasteiger partial charge in [0.1, 0.15) is 35.0 Å². The molecule has 9 heteroatoms. The van der Waals surface area contributed by atoms with Gasteiger partial charge in [-0.2, -0.15) is 0 Å². The molecule has 0 amide bonds. The smallest absolute Gasteiger partial charge is 0.148 e. The van der Waals surface area contributed by atoms with Crippen molar-refractivity contribution in [2.75, 3.05) is 12.3 Å². The lowest BCUT2D eigenvalue weighted by atomic mass is 10.1. The highest BCUT2D eigenvalue weighted by Crippen LogP contribution is 2.31. The number of aliphatic imine (C=N–C) groups is 1. The minimum absolute atomic E-state index is 0.165. The molecule has 0 saturated heterocycles. The van der Waals surface area contributed by atoms with Crippen molar-refractivity contribution in [3.8, 4) is 5.69 Å². The molecular formula is C21H19FN8. The number of nitrogens with two attached hydrogens (primary N) is 1. The minimum Gasteiger partial charge on any atom is -0.383 e. The first-order chi connectivity index (χ1) is 14.7. The van der Waals surface area contributed by atoms with Gasteiger partial charge in [0.15, 0.2) is 0 Å². The summed E-state index contributed by atoms with van der Waals surface area (Å²) < 4.78 is 17.6. The number of nitrogens with zero attached hydrogens (tertiary/aromatic N) is 7. The lowest BCUT2D eigenvalue weighted by molar-refractivity contribution is 0.564. The molecule has 5 rings (SSSR count). The predicted octanol–water partition coefficient (Wildman–Crippen LogP) is 3.09. The number of anilines is 1. The zero-order chi connectivity index (χ0) is 20.7. The predicted molar refractivity (Wildman–Crippen MR) is 112 cm³/mol. The number of hydrogen-bond acceptors (Lipinski definition) is 6. The molecule has 150 valence electrons. The maximum absolute atomic E-state index is 14.2. The number of nitrogen functional groups attached to an aromatic ring is 1. The topological polar surface area (TPSA) is 99.8 Å². The zero-order valence-corrected chi connectivity index (χ0v) is 16.3. The Balaban J connectivity index is 1.64. The molecule has 4 heterocycles. The summed E-state index contributed by atoms with van der Waals surface area (Å²) >= 11 is 0. The van der Waals surface area contributed by atoms with E-state index in [9.17, 15) is 4.39 Å². The summed E-state index contributed by atoms with van der Waals surface area (Å²) in [7, 11) is 0. The molecule has 0 radical (unpaired) electrons. The van der Waals surface area contributed by atoms with Crippen LogP contribution >= 0.6 is 0 Å². The van der Waals surface area contributed by atoms with Crippen molar-refractivity contribution in [1.29, 1.82) is 0 Å². The number of hydrogen-bond donors (Lipinski definition) is 1. The number of rotatable bonds is 5. The first kappa shape index (κ1) is 18.2. The summed E-state index contributed by atoms with van der Waals surface area (Å²) in [5.41, 5.74) is 9.68. The van der Waals surface area contributed by atoms with Gasteiger partial charge in [0.25, 0.3) is 0 Å². The number of para-hydroxylation sites is 1. The second-order valence-electron chi connectivity index (χ2n) is 7.00. The molecule has 0 spiro atoms. The molecule has 0 fully saturated rings. The van der Waals surface area contributed by atoms with Gasteiger partial charge in [-0.3, -0.25) is 4.99 Å². The van der Waals surface area contributed by atoms with E-state index in [1.54, 1.807) is 24.4 Å². The SMILES string of the molecule is CCC(c1cn(-c2ccccc2F)nn1)n1cc(C2=NCC=C2)c2c(N)ncnc21. The lowest BCUT2D eigenvalue weighted by Gasteiger charge is -2.15. The minimum atomic E-state index is -0.359. The third-order valence-electron chi connectivity index (χ3n) is 5.23. The van der Waals surface area contributed by atoms with Gasteiger partial charge in [0.2, 0.25) is 0 Å². The Morgan fingerprint density at radius 1 is 1.20 bits per heavy atom. The Labute approximate surface area is 171 Å². The van der Waals surface area contributed by atoms with Crippen LogP contribution in [0.1, 0.15) is 30.6 Å². The highest BCUT2D eigenvalue weighted by Gasteiger charge is 2.24. The second kappa shape index (κ2) is 7.18. The maximum atomic E-state index is 14.2. The zero-order valence-electron chi connectivity index (χ0n) is 16.3. The highest BCUT2D eigenvalue weighted by atomic mass is 19.1. The van der Waals surface area contributed by atoms with E-state index in [1.807, 2.05) is 22.9 Å². The number of aromatic nitrogens is 6. The van der Waals surface area contributed by atoms with Crippen molar-refractivity contribution in [3.05, 3.63) is 72.2 Å². The van der Waals surface area contributed by atoms with E-state index in [0.717, 1.165) is 23.1 Å². The third kappa shape index (κ3) is 2.86. The van der Waals surface area contributed by atoms with E-state index < -0.39 is 0 Å². The van der Waals surface area contributed by atoms with Crippen molar-refractivity contribution in [1.82, 2.24) is 29.5 Å². The van der Waals surface area contributed by atoms with Crippen molar-refractivity contribution < 1.29 is 4.39 Å². The van der Waals surface area contributed by atoms with E-state index in [1.165, 1.54) is 17.1 Å². The maximum Gasteiger partial charge on any atom is 0.148 e. The van der Waals surface area contributed by atoms with Crippen LogP contribution in [-0.4, -0.2) is 41.8 Å². The van der Waals surface area contributed by atoms with Gasteiger partial charge in [0.05, 0.1) is 29.9 Å². The normalized spacial score (nSPS) is 14.4. The monoisotopic (exact) mass is 402 g/mol. The van der Waals surface area contributed by atoms with Crippen molar-refractivity contribution in [2.45, 2.75) is 19.4 Å². The fraction of sp³-hybridized carbons (Fsp3) is 0.190. The molecule has 4 aromatic rings. The van der Waals surface area contributed by atoms with Crippen LogP contribution in [0, 0.1) is 5.82 Å². The van der Waals surface area contributed by atoms with Gasteiger partial charge in [-0.1, -0.05) is 30.3 Å². The van der Waals surface area contributed by atoms with Gasteiger partial charge in [-0.25, -0.2) is 19.0 Å². The molecule has 0 bridgehead atoms. The molecule has 8 nitrogen and oxygen atoms in total. The third-order valence-corrected chi connectivity index (χ3v) is 5.23. The Bertz CT molecular complexity index is 1300. The molecule has 30 heavy (non-hydrogen) atoms. The van der Waals surface area contributed by atoms with Gasteiger partial charge in [-0.05, 0) is 24.6 Å². The standard InChI is InChI=1S/C21H19FN8/c1-2-17(16-11-30(28-27-16)18-8-4-3-6-14(18)22)29-10-13(15-7-5-9-24-15)19-20(23)25-12-26-21(19)29/h3-8,10-12,17H,2,9H2,1H3,(H2,23,25,26). The van der Waals surface area contributed by atoms with Gasteiger partial charge >= 0.3 is 0 Å². The Morgan fingerprint density at radius 2 is 2.07 bits per heavy atom. The summed E-state index contributed by atoms with van der Waals surface area (Å²) in [4.78, 5) is 13.2. The molecular weight excluding hydrogens is 383 g/mol. The van der Waals surface area contributed by atoms with Gasteiger partial charge in [0, 0.05) is 11.8 Å². The second-order valence-corrected chi connectivity index (χ2v) is 7.00. The van der Waals surface area contributed by atoms with Crippen LogP contribution in [0.3, 0.4) is 0 Å². The average Bonchev–Trinajstić information content (AvgIpc) is 3.50. The highest BCUT2D eigenvalue weighted by molar-refractivity contribution is 6.18. The van der Waals surface area contributed by atoms with Gasteiger partial charge < -0.3 is 10.3 Å². The summed E-state index contributed by atoms with van der Waals surface area (Å²) in [5.74, 6) is 0.0452. The molecule has 1 unspecified atom stereocenters. The summed E-state index contributed by atoms with van der Waals surface area (Å²) in [6.07, 6.45) is 9.88. The Morgan fingerprint density at radius 3 is 2.83 bits per heavy atom. The van der Waals surface area contributed by atoms with Crippen LogP contribution < -0.4 is 5.73 Å². The van der Waals surface area contributed by atoms with E-state index in [-0.39, 0.29) is 11.9 Å². The van der Waals surface area contributed by atoms with E-state index in [2.05, 4.69) is 32.2 Å². The van der Waals surface area contributed by atoms with E-state index in [4.69, 9.17) is 5.73 Å². The summed E-state index contributed by atoms with van der Waals surface area (Å²) in [6, 6.07) is 6.30. The quantitative estimate of drug-likeness (QED) is 0.553. The number of halogens is 1. The molecule has 1 aliphatic heterocycles. The van der Waals surface area contributed by atoms with Crippen molar-refractivity contribution >= 4 is 22.6 Å². The number of fused-ring (bicyclic) bond motifs is 1. The lowest BCUT2D eigenvalue weighted by Crippen LogP contribution is -2.10. The molecule has 1 aliphatic rings. The first-order valence-electron chi connectivity index (χ1n) is 9.67. The van der Waals surface area contributed by atoms with Crippen LogP contribution in [0.25, 0.3) is 16.7 Å². The molecule has 3 aromatic heterocycles. The van der Waals surface area contributed by atoms with Crippen LogP contribution in [0.2, 0.25) is 0 Å². The summed E-state index contributed by atoms with van der Waals surface area (Å²) in [5, 5.41) is 9.23. The molecule has 2 N–H and O–H groups in total. The Hall–Kier alpha value is -3.88. The van der Waals surface area contributed by atoms with Gasteiger partial charge in [-0.15, -0.1) is 5.10 Å². The number of allylic oxidation sites excluding steroid dienone is 1. The first-order valence-corrected chi connectivity index (χ1v) is 9.67. The van der Waals surface area contributed by atoms with Crippen LogP contribution in [-0.2, 0) is 0 Å².